The van der Waals surface area contributed by atoms with E-state index in [2.05, 4.69) is 0 Å². The van der Waals surface area contributed by atoms with Crippen LogP contribution in [0.2, 0.25) is 0 Å². The van der Waals surface area contributed by atoms with Gasteiger partial charge < -0.3 is 15.9 Å². The van der Waals surface area contributed by atoms with Gasteiger partial charge in [0, 0.05) is 5.92 Å². The minimum absolute atomic E-state index is 0.166. The zero-order valence-electron chi connectivity index (χ0n) is 6.16. The van der Waals surface area contributed by atoms with Gasteiger partial charge in [0.1, 0.15) is 0 Å². The highest BCUT2D eigenvalue weighted by molar-refractivity contribution is 5.76. The molecule has 0 unspecified atom stereocenters. The van der Waals surface area contributed by atoms with Crippen LogP contribution in [-0.2, 0) is 4.79 Å². The van der Waals surface area contributed by atoms with E-state index in [0.717, 1.165) is 0 Å². The van der Waals surface area contributed by atoms with E-state index in [4.69, 9.17) is 10.8 Å². The maximum absolute atomic E-state index is 10.3. The van der Waals surface area contributed by atoms with Gasteiger partial charge in [-0.2, -0.15) is 0 Å². The second-order valence-electron chi connectivity index (χ2n) is 2.59. The number of aliphatic carboxylic acids is 1. The summed E-state index contributed by atoms with van der Waals surface area (Å²) in [5.41, 5.74) is 3.47. The predicted octanol–water partition coefficient (Wildman–Crippen LogP) is -0.583. The normalized spacial score (nSPS) is 19.6. The largest absolute Gasteiger partial charge is 0.479 e. The Balaban J connectivity index is 4.23. The van der Waals surface area contributed by atoms with E-state index in [1.165, 1.54) is 6.92 Å². The van der Waals surface area contributed by atoms with Crippen LogP contribution in [0, 0.1) is 5.92 Å². The summed E-state index contributed by atoms with van der Waals surface area (Å²) >= 11 is 0. The van der Waals surface area contributed by atoms with Gasteiger partial charge in [-0.05, 0) is 13.5 Å². The third-order valence-electron chi connectivity index (χ3n) is 1.75. The lowest BCUT2D eigenvalue weighted by Gasteiger charge is -2.23. The lowest BCUT2D eigenvalue weighted by atomic mass is 9.91. The van der Waals surface area contributed by atoms with Gasteiger partial charge in [0.25, 0.3) is 0 Å². The molecule has 4 nitrogen and oxygen atoms in total. The summed E-state index contributed by atoms with van der Waals surface area (Å²) in [6.45, 7) is 3.00. The summed E-state index contributed by atoms with van der Waals surface area (Å²) in [6.07, 6.45) is 0. The fourth-order valence-corrected chi connectivity index (χ4v) is 0.440. The van der Waals surface area contributed by atoms with E-state index in [1.807, 2.05) is 0 Å². The Morgan fingerprint density at radius 1 is 1.80 bits per heavy atom. The first-order valence-electron chi connectivity index (χ1n) is 3.08. The molecule has 0 aromatic rings. The molecule has 0 aliphatic heterocycles. The molecule has 0 saturated carbocycles. The van der Waals surface area contributed by atoms with Gasteiger partial charge in [0.05, 0.1) is 0 Å². The van der Waals surface area contributed by atoms with Crippen LogP contribution in [0.15, 0.2) is 0 Å². The van der Waals surface area contributed by atoms with Gasteiger partial charge >= 0.3 is 5.97 Å². The van der Waals surface area contributed by atoms with E-state index in [9.17, 15) is 9.90 Å². The van der Waals surface area contributed by atoms with Crippen molar-refractivity contribution < 1.29 is 15.0 Å². The van der Waals surface area contributed by atoms with Crippen LogP contribution in [0.1, 0.15) is 13.8 Å². The molecule has 0 aliphatic carbocycles. The topological polar surface area (TPSA) is 83.5 Å². The fraction of sp³-hybridized carbons (Fsp3) is 0.833. The number of rotatable bonds is 3. The van der Waals surface area contributed by atoms with E-state index in [1.54, 1.807) is 6.92 Å². The molecular formula is C6H13NO3. The molecule has 0 aromatic carbocycles. The van der Waals surface area contributed by atoms with Crippen LogP contribution < -0.4 is 5.73 Å². The lowest BCUT2D eigenvalue weighted by molar-refractivity contribution is -0.161. The second-order valence-corrected chi connectivity index (χ2v) is 2.59. The minimum Gasteiger partial charge on any atom is -0.479 e. The third-order valence-corrected chi connectivity index (χ3v) is 1.75. The summed E-state index contributed by atoms with van der Waals surface area (Å²) in [6, 6.07) is 0. The SMILES string of the molecule is C[C@@H](CN)[C@](C)(O)C(=O)O. The quantitative estimate of drug-likeness (QED) is 0.498. The summed E-state index contributed by atoms with van der Waals surface area (Å²) in [5, 5.41) is 17.6. The number of hydrogen-bond donors (Lipinski definition) is 3. The van der Waals surface area contributed by atoms with Crippen molar-refractivity contribution in [2.45, 2.75) is 19.4 Å². The van der Waals surface area contributed by atoms with Crippen LogP contribution in [0.4, 0.5) is 0 Å². The molecule has 0 bridgehead atoms. The van der Waals surface area contributed by atoms with Gasteiger partial charge in [0.2, 0.25) is 0 Å². The van der Waals surface area contributed by atoms with Crippen molar-refractivity contribution in [3.8, 4) is 0 Å². The van der Waals surface area contributed by atoms with Crippen molar-refractivity contribution in [3.05, 3.63) is 0 Å². The summed E-state index contributed by atoms with van der Waals surface area (Å²) in [7, 11) is 0. The monoisotopic (exact) mass is 147 g/mol. The average molecular weight is 147 g/mol. The summed E-state index contributed by atoms with van der Waals surface area (Å²) < 4.78 is 0. The molecule has 0 heterocycles. The first kappa shape index (κ1) is 9.39. The van der Waals surface area contributed by atoms with Crippen LogP contribution in [-0.4, -0.2) is 28.3 Å². The maximum atomic E-state index is 10.3. The molecule has 60 valence electrons. The molecule has 4 N–H and O–H groups in total. The van der Waals surface area contributed by atoms with E-state index < -0.39 is 17.5 Å². The van der Waals surface area contributed by atoms with Crippen molar-refractivity contribution >= 4 is 5.97 Å². The molecule has 0 radical (unpaired) electrons. The summed E-state index contributed by atoms with van der Waals surface area (Å²) in [4.78, 5) is 10.3. The molecule has 10 heavy (non-hydrogen) atoms. The molecule has 0 fully saturated rings. The Morgan fingerprint density at radius 3 is 2.30 bits per heavy atom. The van der Waals surface area contributed by atoms with Gasteiger partial charge in [-0.15, -0.1) is 0 Å². The van der Waals surface area contributed by atoms with Gasteiger partial charge in [-0.1, -0.05) is 6.92 Å². The minimum atomic E-state index is -1.70. The maximum Gasteiger partial charge on any atom is 0.335 e. The van der Waals surface area contributed by atoms with Crippen molar-refractivity contribution in [1.82, 2.24) is 0 Å². The Kier molecular flexibility index (Phi) is 2.80. The number of carbonyl (C=O) groups is 1. The molecule has 0 aliphatic rings. The highest BCUT2D eigenvalue weighted by Crippen LogP contribution is 2.14. The number of nitrogens with two attached hydrogens (primary N) is 1. The van der Waals surface area contributed by atoms with Crippen LogP contribution in [0.5, 0.6) is 0 Å². The van der Waals surface area contributed by atoms with Gasteiger partial charge in [-0.25, -0.2) is 4.79 Å². The standard InChI is InChI=1S/C6H13NO3/c1-4(3-7)6(2,10)5(8)9/h4,10H,3,7H2,1-2H3,(H,8,9)/t4-,6-/m0/s1. The van der Waals surface area contributed by atoms with Crippen LogP contribution in [0.3, 0.4) is 0 Å². The van der Waals surface area contributed by atoms with E-state index >= 15 is 0 Å². The molecule has 0 saturated heterocycles. The molecule has 0 spiro atoms. The summed E-state index contributed by atoms with van der Waals surface area (Å²) in [5.74, 6) is -1.66. The zero-order chi connectivity index (χ0) is 8.36. The molecule has 0 rings (SSSR count). The Hall–Kier alpha value is -0.610. The fourth-order valence-electron chi connectivity index (χ4n) is 0.440. The first-order chi connectivity index (χ1) is 4.42. The van der Waals surface area contributed by atoms with E-state index in [-0.39, 0.29) is 6.54 Å². The first-order valence-corrected chi connectivity index (χ1v) is 3.08. The molecule has 0 amide bonds. The number of hydrogen-bond acceptors (Lipinski definition) is 3. The highest BCUT2D eigenvalue weighted by Gasteiger charge is 2.35. The number of carboxylic acids is 1. The highest BCUT2D eigenvalue weighted by atomic mass is 16.4. The Morgan fingerprint density at radius 2 is 2.20 bits per heavy atom. The van der Waals surface area contributed by atoms with Crippen molar-refractivity contribution in [2.75, 3.05) is 6.54 Å². The van der Waals surface area contributed by atoms with Gasteiger partial charge in [-0.3, -0.25) is 0 Å². The second kappa shape index (κ2) is 2.98. The average Bonchev–Trinajstić information content (AvgIpc) is 1.86. The third kappa shape index (κ3) is 1.68. The van der Waals surface area contributed by atoms with Gasteiger partial charge in [0.15, 0.2) is 5.60 Å². The van der Waals surface area contributed by atoms with E-state index in [0.29, 0.717) is 0 Å². The van der Waals surface area contributed by atoms with Crippen molar-refractivity contribution in [2.24, 2.45) is 11.7 Å². The Bertz CT molecular complexity index is 133. The number of aliphatic hydroxyl groups is 1. The molecular weight excluding hydrogens is 134 g/mol. The predicted molar refractivity (Wildman–Crippen MR) is 36.5 cm³/mol. The zero-order valence-corrected chi connectivity index (χ0v) is 6.16. The number of carboxylic acid groups (broad SMARTS) is 1. The molecule has 4 heteroatoms. The Labute approximate surface area is 59.7 Å². The molecule has 0 aromatic heterocycles. The van der Waals surface area contributed by atoms with Crippen LogP contribution >= 0.6 is 0 Å². The van der Waals surface area contributed by atoms with Crippen molar-refractivity contribution in [3.63, 3.8) is 0 Å². The van der Waals surface area contributed by atoms with Crippen LogP contribution in [0.25, 0.3) is 0 Å². The molecule has 2 atom stereocenters. The smallest absolute Gasteiger partial charge is 0.335 e. The lowest BCUT2D eigenvalue weighted by Crippen LogP contribution is -2.44. The van der Waals surface area contributed by atoms with Crippen molar-refractivity contribution in [1.29, 1.82) is 0 Å².